The minimum Gasteiger partial charge on any atom is -0.393 e. The first-order valence-corrected chi connectivity index (χ1v) is 13.3. The van der Waals surface area contributed by atoms with Crippen LogP contribution in [0.15, 0.2) is 11.6 Å². The second kappa shape index (κ2) is 6.71. The second-order valence-corrected chi connectivity index (χ2v) is 13.9. The number of aliphatic hydroxyl groups excluding tert-OH is 1. The van der Waals surface area contributed by atoms with E-state index in [9.17, 15) is 9.90 Å². The van der Waals surface area contributed by atoms with E-state index in [4.69, 9.17) is 0 Å². The highest BCUT2D eigenvalue weighted by Gasteiger charge is 2.69. The first-order chi connectivity index (χ1) is 14.4. The van der Waals surface area contributed by atoms with Crippen LogP contribution in [-0.2, 0) is 4.79 Å². The van der Waals surface area contributed by atoms with Crippen LogP contribution in [0.3, 0.4) is 0 Å². The van der Waals surface area contributed by atoms with Gasteiger partial charge in [-0.3, -0.25) is 4.79 Å². The minimum absolute atomic E-state index is 0.000173. The molecule has 174 valence electrons. The quantitative estimate of drug-likeness (QED) is 0.462. The molecule has 2 heteroatoms. The summed E-state index contributed by atoms with van der Waals surface area (Å²) in [4.78, 5) is 14.1. The molecule has 5 rings (SSSR count). The molecule has 4 saturated carbocycles. The number of carbonyl (C=O) groups is 1. The summed E-state index contributed by atoms with van der Waals surface area (Å²) in [6, 6.07) is 0. The molecular formula is C29H46O2. The molecule has 0 radical (unpaired) electrons. The minimum atomic E-state index is -0.240. The van der Waals surface area contributed by atoms with Crippen molar-refractivity contribution in [2.45, 2.75) is 106 Å². The summed E-state index contributed by atoms with van der Waals surface area (Å²) in [5.74, 6) is 3.81. The summed E-state index contributed by atoms with van der Waals surface area (Å²) in [5, 5.41) is 10.8. The van der Waals surface area contributed by atoms with Gasteiger partial charge in [-0.15, -0.1) is 0 Å². The summed E-state index contributed by atoms with van der Waals surface area (Å²) in [6.45, 7) is 16.9. The van der Waals surface area contributed by atoms with Crippen LogP contribution < -0.4 is 0 Å². The van der Waals surface area contributed by atoms with E-state index in [2.05, 4.69) is 54.5 Å². The van der Waals surface area contributed by atoms with Gasteiger partial charge in [-0.05, 0) is 102 Å². The van der Waals surface area contributed by atoms with Gasteiger partial charge in [0, 0.05) is 5.92 Å². The Hall–Kier alpha value is -0.630. The number of hydrogen-bond acceptors (Lipinski definition) is 2. The van der Waals surface area contributed by atoms with Gasteiger partial charge in [-0.2, -0.15) is 0 Å². The third-order valence-electron chi connectivity index (χ3n) is 12.6. The van der Waals surface area contributed by atoms with Gasteiger partial charge in [0.1, 0.15) is 0 Å². The summed E-state index contributed by atoms with van der Waals surface area (Å²) >= 11 is 0. The Morgan fingerprint density at radius 2 is 1.61 bits per heavy atom. The molecule has 5 aliphatic rings. The van der Waals surface area contributed by atoms with Crippen LogP contribution in [0.25, 0.3) is 0 Å². The van der Waals surface area contributed by atoms with E-state index in [1.54, 1.807) is 5.57 Å². The van der Waals surface area contributed by atoms with Crippen molar-refractivity contribution in [2.75, 3.05) is 0 Å². The zero-order chi connectivity index (χ0) is 22.6. The van der Waals surface area contributed by atoms with E-state index >= 15 is 0 Å². The molecule has 4 fully saturated rings. The summed E-state index contributed by atoms with van der Waals surface area (Å²) in [6.07, 6.45) is 11.4. The summed E-state index contributed by atoms with van der Waals surface area (Å²) in [7, 11) is 0. The Kier molecular flexibility index (Phi) is 4.80. The SMILES string of the molecule is C[C@@H]1[C@H]2C3=CC(=O)[C@@H]4[C@@]5(C)CCC(O)C(C)(C)C5CC[C@@]4(C)[C@]3(C)CC[C@H]2CC[C@H]1C. The average molecular weight is 427 g/mol. The molecule has 0 spiro atoms. The maximum atomic E-state index is 14.1. The maximum Gasteiger partial charge on any atom is 0.159 e. The van der Waals surface area contributed by atoms with Crippen LogP contribution in [0.2, 0.25) is 0 Å². The van der Waals surface area contributed by atoms with Crippen molar-refractivity contribution >= 4 is 5.78 Å². The molecule has 0 saturated heterocycles. The fourth-order valence-electron chi connectivity index (χ4n) is 10.3. The van der Waals surface area contributed by atoms with E-state index in [0.29, 0.717) is 23.5 Å². The molecule has 0 aromatic carbocycles. The predicted molar refractivity (Wildman–Crippen MR) is 126 cm³/mol. The number of carbonyl (C=O) groups excluding carboxylic acids is 1. The molecule has 0 bridgehead atoms. The summed E-state index contributed by atoms with van der Waals surface area (Å²) < 4.78 is 0. The zero-order valence-corrected chi connectivity index (χ0v) is 21.1. The molecule has 0 aromatic rings. The number of hydrogen-bond donors (Lipinski definition) is 1. The molecular weight excluding hydrogens is 380 g/mol. The van der Waals surface area contributed by atoms with Crippen LogP contribution in [-0.4, -0.2) is 17.0 Å². The molecule has 0 aliphatic heterocycles. The second-order valence-electron chi connectivity index (χ2n) is 13.9. The van der Waals surface area contributed by atoms with Crippen molar-refractivity contribution in [3.63, 3.8) is 0 Å². The normalized spacial score (nSPS) is 55.9. The van der Waals surface area contributed by atoms with Gasteiger partial charge in [-0.1, -0.05) is 60.5 Å². The Balaban J connectivity index is 1.62. The fourth-order valence-corrected chi connectivity index (χ4v) is 10.3. The van der Waals surface area contributed by atoms with Crippen LogP contribution in [0.1, 0.15) is 99.8 Å². The van der Waals surface area contributed by atoms with Gasteiger partial charge in [0.05, 0.1) is 6.10 Å². The van der Waals surface area contributed by atoms with Crippen LogP contribution in [0.4, 0.5) is 0 Å². The molecule has 10 atom stereocenters. The van der Waals surface area contributed by atoms with Gasteiger partial charge in [0.2, 0.25) is 0 Å². The highest BCUT2D eigenvalue weighted by Crippen LogP contribution is 2.73. The van der Waals surface area contributed by atoms with Crippen LogP contribution in [0, 0.1) is 57.2 Å². The highest BCUT2D eigenvalue weighted by molar-refractivity contribution is 5.95. The molecule has 5 aliphatic carbocycles. The van der Waals surface area contributed by atoms with Crippen molar-refractivity contribution in [1.82, 2.24) is 0 Å². The number of ketones is 1. The van der Waals surface area contributed by atoms with Crippen molar-refractivity contribution in [1.29, 1.82) is 0 Å². The van der Waals surface area contributed by atoms with E-state index in [0.717, 1.165) is 37.5 Å². The Morgan fingerprint density at radius 3 is 2.32 bits per heavy atom. The third kappa shape index (κ3) is 2.64. The Labute approximate surface area is 190 Å². The maximum absolute atomic E-state index is 14.1. The predicted octanol–water partition coefficient (Wildman–Crippen LogP) is 6.81. The number of aliphatic hydroxyl groups is 1. The third-order valence-corrected chi connectivity index (χ3v) is 12.6. The lowest BCUT2D eigenvalue weighted by Crippen LogP contribution is -2.66. The van der Waals surface area contributed by atoms with Gasteiger partial charge in [0.15, 0.2) is 5.78 Å². The topological polar surface area (TPSA) is 37.3 Å². The van der Waals surface area contributed by atoms with Crippen molar-refractivity contribution in [3.8, 4) is 0 Å². The lowest BCUT2D eigenvalue weighted by Gasteiger charge is -2.69. The van der Waals surface area contributed by atoms with E-state index < -0.39 is 0 Å². The number of rotatable bonds is 0. The smallest absolute Gasteiger partial charge is 0.159 e. The molecule has 2 unspecified atom stereocenters. The van der Waals surface area contributed by atoms with Crippen molar-refractivity contribution < 1.29 is 9.90 Å². The Morgan fingerprint density at radius 1 is 0.903 bits per heavy atom. The van der Waals surface area contributed by atoms with Crippen molar-refractivity contribution in [3.05, 3.63) is 11.6 Å². The van der Waals surface area contributed by atoms with Gasteiger partial charge < -0.3 is 5.11 Å². The Bertz CT molecular complexity index is 808. The summed E-state index contributed by atoms with van der Waals surface area (Å²) in [5.41, 5.74) is 1.63. The van der Waals surface area contributed by atoms with E-state index in [1.807, 2.05) is 0 Å². The molecule has 1 N–H and O–H groups in total. The lowest BCUT2D eigenvalue weighted by atomic mass is 9.34. The zero-order valence-electron chi connectivity index (χ0n) is 21.1. The average Bonchev–Trinajstić information content (AvgIpc) is 2.69. The molecule has 0 heterocycles. The monoisotopic (exact) mass is 426 g/mol. The first kappa shape index (κ1) is 22.2. The van der Waals surface area contributed by atoms with Crippen molar-refractivity contribution in [2.24, 2.45) is 57.2 Å². The standard InChI is InChI=1S/C29H46O2/c1-17-8-9-19-10-14-28(6)20(24(19)18(17)2)16-21(30)25-27(5)13-12-23(31)26(3,4)22(27)11-15-29(25,28)7/h16-19,22-25,31H,8-15H2,1-7H3/t17-,18+,19-,22?,23?,24-,25-,27+,28-,29-/m1/s1. The fraction of sp³-hybridized carbons (Fsp3) is 0.897. The van der Waals surface area contributed by atoms with E-state index in [-0.39, 0.29) is 33.7 Å². The van der Waals surface area contributed by atoms with E-state index in [1.165, 1.54) is 25.7 Å². The molecule has 31 heavy (non-hydrogen) atoms. The van der Waals surface area contributed by atoms with Gasteiger partial charge in [-0.25, -0.2) is 0 Å². The number of fused-ring (bicyclic) bond motifs is 7. The van der Waals surface area contributed by atoms with Gasteiger partial charge >= 0.3 is 0 Å². The van der Waals surface area contributed by atoms with Crippen LogP contribution >= 0.6 is 0 Å². The highest BCUT2D eigenvalue weighted by atomic mass is 16.3. The number of allylic oxidation sites excluding steroid dienone is 2. The lowest BCUT2D eigenvalue weighted by molar-refractivity contribution is -0.200. The molecule has 0 amide bonds. The van der Waals surface area contributed by atoms with Gasteiger partial charge in [0.25, 0.3) is 0 Å². The van der Waals surface area contributed by atoms with Crippen LogP contribution in [0.5, 0.6) is 0 Å². The first-order valence-electron chi connectivity index (χ1n) is 13.3. The molecule has 2 nitrogen and oxygen atoms in total. The molecule has 0 aromatic heterocycles. The largest absolute Gasteiger partial charge is 0.393 e.